The molecule has 114 valence electrons. The fourth-order valence-electron chi connectivity index (χ4n) is 2.40. The Balaban J connectivity index is 2.59. The Bertz CT molecular complexity index is 611. The molecule has 1 heterocycles. The van der Waals surface area contributed by atoms with Crippen LogP contribution in [0, 0.1) is 0 Å². The fourth-order valence-corrected chi connectivity index (χ4v) is 2.40. The molecule has 0 amide bonds. The van der Waals surface area contributed by atoms with Crippen LogP contribution in [-0.4, -0.2) is 25.7 Å². The molecule has 0 fully saturated rings. The van der Waals surface area contributed by atoms with E-state index in [1.807, 2.05) is 12.1 Å². The number of hydrogen-bond acceptors (Lipinski definition) is 4. The van der Waals surface area contributed by atoms with E-state index in [1.54, 1.807) is 14.2 Å². The van der Waals surface area contributed by atoms with Gasteiger partial charge in [-0.15, -0.1) is 0 Å². The molecule has 0 spiro atoms. The maximum atomic E-state index is 5.40. The molecule has 0 bridgehead atoms. The molecular formula is C17H24N2O2. The lowest BCUT2D eigenvalue weighted by molar-refractivity contribution is 0.356. The van der Waals surface area contributed by atoms with Crippen LogP contribution in [0.4, 0.5) is 5.69 Å². The van der Waals surface area contributed by atoms with Gasteiger partial charge in [-0.1, -0.05) is 20.3 Å². The first-order valence-corrected chi connectivity index (χ1v) is 7.53. The molecule has 1 aromatic carbocycles. The van der Waals surface area contributed by atoms with Gasteiger partial charge >= 0.3 is 0 Å². The monoisotopic (exact) mass is 288 g/mol. The number of anilines is 1. The Morgan fingerprint density at radius 1 is 1.00 bits per heavy atom. The van der Waals surface area contributed by atoms with Gasteiger partial charge in [-0.05, 0) is 25.0 Å². The summed E-state index contributed by atoms with van der Waals surface area (Å²) in [4.78, 5) is 4.74. The van der Waals surface area contributed by atoms with Crippen molar-refractivity contribution in [3.8, 4) is 11.5 Å². The molecule has 21 heavy (non-hydrogen) atoms. The average molecular weight is 288 g/mol. The summed E-state index contributed by atoms with van der Waals surface area (Å²) in [5.41, 5.74) is 3.17. The largest absolute Gasteiger partial charge is 0.493 e. The maximum absolute atomic E-state index is 5.40. The quantitative estimate of drug-likeness (QED) is 0.835. The van der Waals surface area contributed by atoms with Gasteiger partial charge in [0.15, 0.2) is 11.5 Å². The van der Waals surface area contributed by atoms with Crippen LogP contribution in [0.2, 0.25) is 0 Å². The van der Waals surface area contributed by atoms with Gasteiger partial charge in [0.2, 0.25) is 0 Å². The van der Waals surface area contributed by atoms with Crippen LogP contribution in [-0.2, 0) is 6.42 Å². The van der Waals surface area contributed by atoms with Gasteiger partial charge in [0, 0.05) is 29.4 Å². The number of methoxy groups -OCH3 is 2. The topological polar surface area (TPSA) is 43.4 Å². The lowest BCUT2D eigenvalue weighted by Crippen LogP contribution is -2.03. The van der Waals surface area contributed by atoms with Gasteiger partial charge in [-0.25, -0.2) is 0 Å². The van der Waals surface area contributed by atoms with Crippen LogP contribution in [0.1, 0.15) is 32.4 Å². The molecule has 0 atom stereocenters. The average Bonchev–Trinajstić information content (AvgIpc) is 2.51. The van der Waals surface area contributed by atoms with Crippen LogP contribution < -0.4 is 14.8 Å². The van der Waals surface area contributed by atoms with E-state index in [0.29, 0.717) is 5.75 Å². The third kappa shape index (κ3) is 3.38. The smallest absolute Gasteiger partial charge is 0.162 e. The second-order valence-electron chi connectivity index (χ2n) is 5.06. The van der Waals surface area contributed by atoms with Crippen molar-refractivity contribution in [3.05, 3.63) is 23.9 Å². The van der Waals surface area contributed by atoms with Crippen LogP contribution in [0.25, 0.3) is 10.9 Å². The number of benzene rings is 1. The van der Waals surface area contributed by atoms with Gasteiger partial charge in [0.05, 0.1) is 19.7 Å². The highest BCUT2D eigenvalue weighted by molar-refractivity contribution is 5.94. The van der Waals surface area contributed by atoms with Gasteiger partial charge < -0.3 is 14.8 Å². The van der Waals surface area contributed by atoms with E-state index < -0.39 is 0 Å². The number of aromatic nitrogens is 1. The number of ether oxygens (including phenoxy) is 2. The Labute approximate surface area is 126 Å². The molecule has 4 nitrogen and oxygen atoms in total. The van der Waals surface area contributed by atoms with Gasteiger partial charge in [-0.3, -0.25) is 4.98 Å². The number of hydrogen-bond donors (Lipinski definition) is 1. The predicted octanol–water partition coefficient (Wildman–Crippen LogP) is 4.03. The zero-order valence-electron chi connectivity index (χ0n) is 13.3. The number of nitrogens with one attached hydrogen (secondary N) is 1. The molecule has 0 radical (unpaired) electrons. The molecule has 1 N–H and O–H groups in total. The van der Waals surface area contributed by atoms with E-state index >= 15 is 0 Å². The van der Waals surface area contributed by atoms with Crippen molar-refractivity contribution in [2.75, 3.05) is 26.1 Å². The summed E-state index contributed by atoms with van der Waals surface area (Å²) in [6, 6.07) is 6.09. The van der Waals surface area contributed by atoms with Crippen LogP contribution in [0.5, 0.6) is 11.5 Å². The minimum Gasteiger partial charge on any atom is -0.493 e. The van der Waals surface area contributed by atoms with E-state index in [2.05, 4.69) is 25.2 Å². The Morgan fingerprint density at radius 2 is 1.71 bits per heavy atom. The summed E-state index contributed by atoms with van der Waals surface area (Å²) in [5, 5.41) is 4.56. The number of nitrogens with zero attached hydrogens (tertiary/aromatic N) is 1. The van der Waals surface area contributed by atoms with E-state index in [4.69, 9.17) is 14.5 Å². The van der Waals surface area contributed by atoms with Gasteiger partial charge in [-0.2, -0.15) is 0 Å². The van der Waals surface area contributed by atoms with Crippen molar-refractivity contribution < 1.29 is 9.47 Å². The summed E-state index contributed by atoms with van der Waals surface area (Å²) in [7, 11) is 3.30. The molecular weight excluding hydrogens is 264 g/mol. The highest BCUT2D eigenvalue weighted by Gasteiger charge is 2.11. The maximum Gasteiger partial charge on any atom is 0.162 e. The lowest BCUT2D eigenvalue weighted by Gasteiger charge is -2.14. The molecule has 0 unspecified atom stereocenters. The first kappa shape index (κ1) is 15.4. The minimum atomic E-state index is 0.715. The van der Waals surface area contributed by atoms with Crippen LogP contribution in [0.15, 0.2) is 18.2 Å². The van der Waals surface area contributed by atoms with Crippen molar-refractivity contribution in [2.45, 2.75) is 33.1 Å². The number of rotatable bonds is 7. The standard InChI is InChI=1S/C17H24N2O2/c1-5-7-12-9-14(18-8-6-2)13-10-16(20-3)17(21-4)11-15(13)19-12/h9-11H,5-8H2,1-4H3,(H,18,19). The summed E-state index contributed by atoms with van der Waals surface area (Å²) in [5.74, 6) is 1.45. The molecule has 0 aliphatic carbocycles. The first-order chi connectivity index (χ1) is 10.2. The second kappa shape index (κ2) is 7.16. The molecule has 0 saturated carbocycles. The molecule has 0 aliphatic rings. The summed E-state index contributed by atoms with van der Waals surface area (Å²) < 4.78 is 10.8. The molecule has 0 saturated heterocycles. The fraction of sp³-hybridized carbons (Fsp3) is 0.471. The van der Waals surface area contributed by atoms with Crippen LogP contribution in [0.3, 0.4) is 0 Å². The Morgan fingerprint density at radius 3 is 2.33 bits per heavy atom. The van der Waals surface area contributed by atoms with Crippen molar-refractivity contribution >= 4 is 16.6 Å². The van der Waals surface area contributed by atoms with E-state index in [0.717, 1.165) is 53.8 Å². The third-order valence-corrected chi connectivity index (χ3v) is 3.44. The van der Waals surface area contributed by atoms with E-state index in [9.17, 15) is 0 Å². The SMILES string of the molecule is CCCNc1cc(CCC)nc2cc(OC)c(OC)cc12. The van der Waals surface area contributed by atoms with Crippen molar-refractivity contribution in [3.63, 3.8) is 0 Å². The second-order valence-corrected chi connectivity index (χ2v) is 5.06. The number of pyridine rings is 1. The van der Waals surface area contributed by atoms with E-state index in [1.165, 1.54) is 0 Å². The highest BCUT2D eigenvalue weighted by Crippen LogP contribution is 2.35. The molecule has 4 heteroatoms. The third-order valence-electron chi connectivity index (χ3n) is 3.44. The normalized spacial score (nSPS) is 10.7. The highest BCUT2D eigenvalue weighted by atomic mass is 16.5. The van der Waals surface area contributed by atoms with Crippen molar-refractivity contribution in [2.24, 2.45) is 0 Å². The van der Waals surface area contributed by atoms with Gasteiger partial charge in [0.25, 0.3) is 0 Å². The molecule has 1 aromatic heterocycles. The number of aryl methyl sites for hydroxylation is 1. The summed E-state index contributed by atoms with van der Waals surface area (Å²) in [6.45, 7) is 5.27. The van der Waals surface area contributed by atoms with Crippen LogP contribution >= 0.6 is 0 Å². The minimum absolute atomic E-state index is 0.715. The molecule has 2 rings (SSSR count). The summed E-state index contributed by atoms with van der Waals surface area (Å²) >= 11 is 0. The molecule has 0 aliphatic heterocycles. The Kier molecular flexibility index (Phi) is 5.26. The number of fused-ring (bicyclic) bond motifs is 1. The lowest BCUT2D eigenvalue weighted by atomic mass is 10.1. The first-order valence-electron chi connectivity index (χ1n) is 7.53. The van der Waals surface area contributed by atoms with Gasteiger partial charge in [0.1, 0.15) is 0 Å². The summed E-state index contributed by atoms with van der Waals surface area (Å²) in [6.07, 6.45) is 3.14. The zero-order chi connectivity index (χ0) is 15.2. The predicted molar refractivity (Wildman–Crippen MR) is 87.6 cm³/mol. The van der Waals surface area contributed by atoms with E-state index in [-0.39, 0.29) is 0 Å². The zero-order valence-corrected chi connectivity index (χ0v) is 13.3. The Hall–Kier alpha value is -1.97. The van der Waals surface area contributed by atoms with Crippen molar-refractivity contribution in [1.82, 2.24) is 4.98 Å². The van der Waals surface area contributed by atoms with Crippen molar-refractivity contribution in [1.29, 1.82) is 0 Å². The molecule has 2 aromatic rings.